The van der Waals surface area contributed by atoms with Crippen LogP contribution in [-0.4, -0.2) is 12.5 Å². The maximum Gasteiger partial charge on any atom is 0.243 e. The molecule has 1 aromatic rings. The molecule has 0 aliphatic carbocycles. The smallest absolute Gasteiger partial charge is 0.243 e. The third kappa shape index (κ3) is 1.12. The normalized spacial score (nSPS) is 14.6. The largest absolute Gasteiger partial charge is 0.373 e. The number of halogens is 1. The number of rotatable bonds is 0. The predicted octanol–water partition coefficient (Wildman–Crippen LogP) is 1.70. The van der Waals surface area contributed by atoms with Crippen LogP contribution in [0.2, 0.25) is 5.02 Å². The van der Waals surface area contributed by atoms with Crippen LogP contribution in [0.1, 0.15) is 0 Å². The van der Waals surface area contributed by atoms with Gasteiger partial charge in [0.2, 0.25) is 5.91 Å². The molecule has 1 aliphatic heterocycles. The number of nitrogens with one attached hydrogen (secondary N) is 2. The minimum atomic E-state index is -0.0373. The second-order valence-corrected chi connectivity index (χ2v) is 2.97. The lowest BCUT2D eigenvalue weighted by Crippen LogP contribution is -2.27. The van der Waals surface area contributed by atoms with E-state index in [4.69, 9.17) is 11.6 Å². The van der Waals surface area contributed by atoms with Gasteiger partial charge in [-0.2, -0.15) is 0 Å². The van der Waals surface area contributed by atoms with Crippen molar-refractivity contribution in [2.24, 2.45) is 0 Å². The van der Waals surface area contributed by atoms with Crippen molar-refractivity contribution < 1.29 is 4.79 Å². The lowest BCUT2D eigenvalue weighted by Gasteiger charge is -2.19. The molecule has 1 amide bonds. The zero-order valence-electron chi connectivity index (χ0n) is 6.23. The molecule has 0 saturated carbocycles. The molecule has 1 heterocycles. The first-order valence-electron chi connectivity index (χ1n) is 3.59. The first-order chi connectivity index (χ1) is 5.77. The van der Waals surface area contributed by atoms with Gasteiger partial charge in [0, 0.05) is 0 Å². The van der Waals surface area contributed by atoms with Crippen LogP contribution in [0.25, 0.3) is 0 Å². The van der Waals surface area contributed by atoms with E-state index < -0.39 is 0 Å². The van der Waals surface area contributed by atoms with Crippen molar-refractivity contribution in [1.29, 1.82) is 0 Å². The highest BCUT2D eigenvalue weighted by molar-refractivity contribution is 6.34. The Balaban J connectivity index is 2.48. The number of carbonyl (C=O) groups excluding carboxylic acids is 1. The molecule has 1 aromatic carbocycles. The van der Waals surface area contributed by atoms with Crippen LogP contribution in [-0.2, 0) is 4.79 Å². The molecule has 0 spiro atoms. The van der Waals surface area contributed by atoms with Gasteiger partial charge in [-0.15, -0.1) is 0 Å². The van der Waals surface area contributed by atoms with Gasteiger partial charge in [0.1, 0.15) is 0 Å². The molecule has 0 aromatic heterocycles. The molecule has 0 fully saturated rings. The number of anilines is 2. The highest BCUT2D eigenvalue weighted by Crippen LogP contribution is 2.31. The van der Waals surface area contributed by atoms with Crippen molar-refractivity contribution in [2.75, 3.05) is 17.2 Å². The fourth-order valence-electron chi connectivity index (χ4n) is 1.17. The van der Waals surface area contributed by atoms with Crippen LogP contribution in [0.3, 0.4) is 0 Å². The number of fused-ring (bicyclic) bond motifs is 1. The summed E-state index contributed by atoms with van der Waals surface area (Å²) in [6.07, 6.45) is 0. The van der Waals surface area contributed by atoms with Gasteiger partial charge in [0.05, 0.1) is 22.9 Å². The average Bonchev–Trinajstić information content (AvgIpc) is 2.04. The monoisotopic (exact) mass is 182 g/mol. The summed E-state index contributed by atoms with van der Waals surface area (Å²) in [6.45, 7) is 0.288. The van der Waals surface area contributed by atoms with Gasteiger partial charge >= 0.3 is 0 Å². The number of benzene rings is 1. The molecular weight excluding hydrogens is 176 g/mol. The van der Waals surface area contributed by atoms with Gasteiger partial charge in [-0.3, -0.25) is 4.79 Å². The second kappa shape index (κ2) is 2.68. The Hall–Kier alpha value is -1.22. The summed E-state index contributed by atoms with van der Waals surface area (Å²) in [7, 11) is 0. The van der Waals surface area contributed by atoms with Gasteiger partial charge in [-0.05, 0) is 12.1 Å². The van der Waals surface area contributed by atoms with Crippen molar-refractivity contribution in [2.45, 2.75) is 0 Å². The van der Waals surface area contributed by atoms with Crippen molar-refractivity contribution in [3.63, 3.8) is 0 Å². The van der Waals surface area contributed by atoms with Gasteiger partial charge in [-0.1, -0.05) is 17.7 Å². The third-order valence-corrected chi connectivity index (χ3v) is 2.03. The minimum absolute atomic E-state index is 0.0373. The molecule has 1 aliphatic rings. The van der Waals surface area contributed by atoms with E-state index in [-0.39, 0.29) is 12.5 Å². The van der Waals surface area contributed by atoms with Crippen LogP contribution >= 0.6 is 11.6 Å². The Bertz CT molecular complexity index is 338. The lowest BCUT2D eigenvalue weighted by atomic mass is 10.2. The van der Waals surface area contributed by atoms with E-state index >= 15 is 0 Å². The van der Waals surface area contributed by atoms with Gasteiger partial charge in [0.15, 0.2) is 0 Å². The van der Waals surface area contributed by atoms with Crippen LogP contribution in [0, 0.1) is 0 Å². The first kappa shape index (κ1) is 7.43. The molecular formula is C8H7ClN2O. The van der Waals surface area contributed by atoms with Crippen molar-refractivity contribution >= 4 is 28.9 Å². The summed E-state index contributed by atoms with van der Waals surface area (Å²) in [5, 5.41) is 6.28. The van der Waals surface area contributed by atoms with Crippen LogP contribution < -0.4 is 10.6 Å². The second-order valence-electron chi connectivity index (χ2n) is 2.56. The Morgan fingerprint density at radius 3 is 3.08 bits per heavy atom. The van der Waals surface area contributed by atoms with E-state index in [0.717, 1.165) is 11.4 Å². The van der Waals surface area contributed by atoms with E-state index in [9.17, 15) is 4.79 Å². The van der Waals surface area contributed by atoms with E-state index in [1.54, 1.807) is 12.1 Å². The van der Waals surface area contributed by atoms with Crippen LogP contribution in [0.5, 0.6) is 0 Å². The molecule has 0 saturated heterocycles. The number of amides is 1. The number of para-hydroxylation sites is 1. The minimum Gasteiger partial charge on any atom is -0.373 e. The topological polar surface area (TPSA) is 41.1 Å². The molecule has 4 heteroatoms. The molecule has 2 N–H and O–H groups in total. The van der Waals surface area contributed by atoms with Gasteiger partial charge in [0.25, 0.3) is 0 Å². The zero-order chi connectivity index (χ0) is 8.55. The Labute approximate surface area is 74.7 Å². The summed E-state index contributed by atoms with van der Waals surface area (Å²) in [5.41, 5.74) is 1.55. The summed E-state index contributed by atoms with van der Waals surface area (Å²) in [6, 6.07) is 5.39. The molecule has 0 atom stereocenters. The maximum atomic E-state index is 10.9. The Kier molecular flexibility index (Phi) is 1.66. The van der Waals surface area contributed by atoms with Gasteiger partial charge < -0.3 is 10.6 Å². The fraction of sp³-hybridized carbons (Fsp3) is 0.125. The van der Waals surface area contributed by atoms with E-state index in [2.05, 4.69) is 10.6 Å². The standard InChI is InChI=1S/C8H7ClN2O/c9-5-2-1-3-6-8(5)10-4-7(12)11-6/h1-3,10H,4H2,(H,11,12). The Morgan fingerprint density at radius 2 is 2.25 bits per heavy atom. The summed E-state index contributed by atoms with van der Waals surface area (Å²) >= 11 is 5.88. The van der Waals surface area contributed by atoms with Crippen molar-refractivity contribution in [3.8, 4) is 0 Å². The van der Waals surface area contributed by atoms with Gasteiger partial charge in [-0.25, -0.2) is 0 Å². The Morgan fingerprint density at radius 1 is 1.42 bits per heavy atom. The van der Waals surface area contributed by atoms with E-state index in [1.807, 2.05) is 6.07 Å². The quantitative estimate of drug-likeness (QED) is 0.641. The van der Waals surface area contributed by atoms with Crippen molar-refractivity contribution in [3.05, 3.63) is 23.2 Å². The molecule has 3 nitrogen and oxygen atoms in total. The molecule has 0 unspecified atom stereocenters. The van der Waals surface area contributed by atoms with E-state index in [1.165, 1.54) is 0 Å². The lowest BCUT2D eigenvalue weighted by molar-refractivity contribution is -0.114. The number of hydrogen-bond acceptors (Lipinski definition) is 2. The summed E-state index contributed by atoms with van der Waals surface area (Å²) in [4.78, 5) is 10.9. The summed E-state index contributed by atoms with van der Waals surface area (Å²) in [5.74, 6) is -0.0373. The van der Waals surface area contributed by atoms with E-state index in [0.29, 0.717) is 5.02 Å². The number of carbonyl (C=O) groups is 1. The van der Waals surface area contributed by atoms with Crippen LogP contribution in [0.4, 0.5) is 11.4 Å². The highest BCUT2D eigenvalue weighted by Gasteiger charge is 2.15. The first-order valence-corrected chi connectivity index (χ1v) is 3.97. The average molecular weight is 183 g/mol. The predicted molar refractivity (Wildman–Crippen MR) is 48.6 cm³/mol. The maximum absolute atomic E-state index is 10.9. The molecule has 0 bridgehead atoms. The van der Waals surface area contributed by atoms with Crippen LogP contribution in [0.15, 0.2) is 18.2 Å². The van der Waals surface area contributed by atoms with Crippen molar-refractivity contribution in [1.82, 2.24) is 0 Å². The molecule has 2 rings (SSSR count). The molecule has 0 radical (unpaired) electrons. The fourth-order valence-corrected chi connectivity index (χ4v) is 1.41. The zero-order valence-corrected chi connectivity index (χ0v) is 6.98. The molecule has 12 heavy (non-hydrogen) atoms. The third-order valence-electron chi connectivity index (χ3n) is 1.71. The molecule has 62 valence electrons. The number of hydrogen-bond donors (Lipinski definition) is 2. The SMILES string of the molecule is O=C1CNc2c(Cl)cccc2N1. The summed E-state index contributed by atoms with van der Waals surface area (Å²) < 4.78 is 0. The highest BCUT2D eigenvalue weighted by atomic mass is 35.5.